The Morgan fingerprint density at radius 2 is 1.81 bits per heavy atom. The molecular weight excluding hydrogens is 338 g/mol. The van der Waals surface area contributed by atoms with Gasteiger partial charge in [-0.2, -0.15) is 0 Å². The highest BCUT2D eigenvalue weighted by molar-refractivity contribution is 6.14. The van der Waals surface area contributed by atoms with E-state index in [9.17, 15) is 4.79 Å². The van der Waals surface area contributed by atoms with Gasteiger partial charge in [-0.05, 0) is 30.5 Å². The van der Waals surface area contributed by atoms with Crippen LogP contribution in [0.25, 0.3) is 11.6 Å². The van der Waals surface area contributed by atoms with E-state index in [4.69, 9.17) is 9.47 Å². The molecule has 2 aromatic carbocycles. The van der Waals surface area contributed by atoms with Crippen LogP contribution in [0.5, 0.6) is 0 Å². The highest BCUT2D eigenvalue weighted by atomic mass is 16.6. The number of carbonyl (C=O) groups excluding carboxylic acids is 1. The Balaban J connectivity index is 1.83. The molecule has 0 aliphatic carbocycles. The zero-order valence-electron chi connectivity index (χ0n) is 15.8. The van der Waals surface area contributed by atoms with E-state index >= 15 is 0 Å². The minimum absolute atomic E-state index is 0.0741. The summed E-state index contributed by atoms with van der Waals surface area (Å²) in [6, 6.07) is 18.2. The van der Waals surface area contributed by atoms with Crippen LogP contribution >= 0.6 is 0 Å². The van der Waals surface area contributed by atoms with Gasteiger partial charge in [0.1, 0.15) is 6.10 Å². The first kappa shape index (κ1) is 18.0. The lowest BCUT2D eigenvalue weighted by molar-refractivity contribution is -0.126. The van der Waals surface area contributed by atoms with Gasteiger partial charge in [-0.25, -0.2) is 0 Å². The second-order valence-corrected chi connectivity index (χ2v) is 7.30. The Morgan fingerprint density at radius 3 is 2.56 bits per heavy atom. The Morgan fingerprint density at radius 1 is 1.07 bits per heavy atom. The molecule has 1 saturated heterocycles. The third-order valence-electron chi connectivity index (χ3n) is 5.38. The molecule has 1 radical (unpaired) electrons. The first-order valence-electron chi connectivity index (χ1n) is 9.29. The van der Waals surface area contributed by atoms with Crippen LogP contribution < -0.4 is 4.90 Å². The van der Waals surface area contributed by atoms with Crippen molar-refractivity contribution >= 4 is 23.2 Å². The minimum Gasteiger partial charge on any atom is -0.376 e. The van der Waals surface area contributed by atoms with Crippen LogP contribution in [-0.2, 0) is 14.3 Å². The molecule has 27 heavy (non-hydrogen) atoms. The van der Waals surface area contributed by atoms with E-state index in [1.54, 1.807) is 4.90 Å². The fourth-order valence-corrected chi connectivity index (χ4v) is 3.98. The number of hydrogen-bond donors (Lipinski definition) is 0. The second-order valence-electron chi connectivity index (χ2n) is 7.30. The van der Waals surface area contributed by atoms with Crippen LogP contribution in [0.2, 0.25) is 0 Å². The van der Waals surface area contributed by atoms with Crippen molar-refractivity contribution in [1.29, 1.82) is 0 Å². The highest BCUT2D eigenvalue weighted by Crippen LogP contribution is 2.50. The maximum absolute atomic E-state index is 13.5. The maximum atomic E-state index is 13.5. The van der Waals surface area contributed by atoms with Gasteiger partial charge in [-0.3, -0.25) is 4.79 Å². The molecule has 4 rings (SSSR count). The van der Waals surface area contributed by atoms with E-state index in [1.807, 2.05) is 50.4 Å². The fourth-order valence-electron chi connectivity index (χ4n) is 3.98. The molecular formula is C23H24NO3. The van der Waals surface area contributed by atoms with Crippen LogP contribution in [0.15, 0.2) is 54.6 Å². The number of nitrogens with zero attached hydrogens (tertiary/aromatic N) is 1. The molecule has 2 aromatic rings. The number of hydrogen-bond acceptors (Lipinski definition) is 3. The van der Waals surface area contributed by atoms with E-state index in [2.05, 4.69) is 24.3 Å². The Bertz CT molecular complexity index is 855. The first-order valence-corrected chi connectivity index (χ1v) is 9.29. The summed E-state index contributed by atoms with van der Waals surface area (Å²) >= 11 is 0. The molecule has 1 unspecified atom stereocenters. The summed E-state index contributed by atoms with van der Waals surface area (Å²) in [6.07, 6.45) is 3.49. The Labute approximate surface area is 160 Å². The summed E-state index contributed by atoms with van der Waals surface area (Å²) in [5.74, 6) is 0.0741. The van der Waals surface area contributed by atoms with Crippen LogP contribution in [0.4, 0.5) is 5.69 Å². The number of fused-ring (bicyclic) bond motifs is 1. The van der Waals surface area contributed by atoms with Gasteiger partial charge in [0, 0.05) is 12.6 Å². The monoisotopic (exact) mass is 362 g/mol. The molecule has 2 aliphatic rings. The largest absolute Gasteiger partial charge is 0.376 e. The van der Waals surface area contributed by atoms with Crippen molar-refractivity contribution in [3.05, 3.63) is 71.8 Å². The summed E-state index contributed by atoms with van der Waals surface area (Å²) in [5.41, 5.74) is 3.41. The molecule has 1 amide bonds. The topological polar surface area (TPSA) is 38.8 Å². The Kier molecular flexibility index (Phi) is 4.85. The SMILES string of the molecule is CN1C(=O)C(C)(C[C]2COCCO2)/C(=C\c2ccccc2)c2ccccc21. The quantitative estimate of drug-likeness (QED) is 0.822. The van der Waals surface area contributed by atoms with Crippen molar-refractivity contribution in [1.82, 2.24) is 0 Å². The molecule has 139 valence electrons. The molecule has 4 heteroatoms. The summed E-state index contributed by atoms with van der Waals surface area (Å²) in [5, 5.41) is 0. The van der Waals surface area contributed by atoms with E-state index < -0.39 is 5.41 Å². The molecule has 4 nitrogen and oxygen atoms in total. The van der Waals surface area contributed by atoms with Gasteiger partial charge in [0.15, 0.2) is 0 Å². The van der Waals surface area contributed by atoms with Crippen molar-refractivity contribution in [3.8, 4) is 0 Å². The van der Waals surface area contributed by atoms with Crippen molar-refractivity contribution in [3.63, 3.8) is 0 Å². The fraction of sp³-hybridized carbons (Fsp3) is 0.304. The van der Waals surface area contributed by atoms with Gasteiger partial charge in [0.2, 0.25) is 5.91 Å². The molecule has 1 fully saturated rings. The number of ether oxygens (including phenoxy) is 2. The summed E-state index contributed by atoms with van der Waals surface area (Å²) in [6.45, 7) is 3.61. The van der Waals surface area contributed by atoms with Crippen molar-refractivity contribution in [2.24, 2.45) is 5.41 Å². The van der Waals surface area contributed by atoms with E-state index in [0.717, 1.165) is 28.5 Å². The van der Waals surface area contributed by atoms with E-state index in [-0.39, 0.29) is 5.91 Å². The number of para-hydroxylation sites is 1. The van der Waals surface area contributed by atoms with Crippen LogP contribution in [0, 0.1) is 11.5 Å². The number of amides is 1. The zero-order valence-corrected chi connectivity index (χ0v) is 15.8. The van der Waals surface area contributed by atoms with Crippen molar-refractivity contribution in [2.45, 2.75) is 13.3 Å². The van der Waals surface area contributed by atoms with E-state index in [0.29, 0.717) is 26.2 Å². The lowest BCUT2D eigenvalue weighted by Gasteiger charge is -2.43. The van der Waals surface area contributed by atoms with Gasteiger partial charge in [-0.15, -0.1) is 0 Å². The molecule has 2 heterocycles. The van der Waals surface area contributed by atoms with Gasteiger partial charge in [-0.1, -0.05) is 54.6 Å². The molecule has 0 saturated carbocycles. The minimum atomic E-state index is -0.713. The zero-order chi connectivity index (χ0) is 18.9. The third kappa shape index (κ3) is 3.31. The average Bonchev–Trinajstić information content (AvgIpc) is 2.71. The predicted molar refractivity (Wildman–Crippen MR) is 107 cm³/mol. The smallest absolute Gasteiger partial charge is 0.237 e. The second kappa shape index (κ2) is 7.29. The first-order chi connectivity index (χ1) is 13.1. The number of anilines is 1. The van der Waals surface area contributed by atoms with Crippen LogP contribution in [0.1, 0.15) is 24.5 Å². The summed E-state index contributed by atoms with van der Waals surface area (Å²) in [4.78, 5) is 15.2. The normalized spacial score (nSPS) is 24.9. The van der Waals surface area contributed by atoms with Crippen molar-refractivity contribution < 1.29 is 14.3 Å². The summed E-state index contributed by atoms with van der Waals surface area (Å²) in [7, 11) is 1.85. The highest BCUT2D eigenvalue weighted by Gasteiger charge is 2.47. The molecule has 1 atom stereocenters. The van der Waals surface area contributed by atoms with Gasteiger partial charge in [0.25, 0.3) is 0 Å². The average molecular weight is 362 g/mol. The maximum Gasteiger partial charge on any atom is 0.237 e. The molecule has 0 N–H and O–H groups in total. The lowest BCUT2D eigenvalue weighted by atomic mass is 9.70. The van der Waals surface area contributed by atoms with Gasteiger partial charge in [0.05, 0.1) is 30.9 Å². The third-order valence-corrected chi connectivity index (χ3v) is 5.38. The standard InChI is InChI=1S/C23H24NO3/c1-23(15-18-16-26-12-13-27-18)20(14-17-8-4-3-5-9-17)19-10-6-7-11-21(19)24(2)22(23)25/h3-11,14H,12-13,15-16H2,1-2H3/b20-14-. The van der Waals surface area contributed by atoms with Gasteiger partial charge >= 0.3 is 0 Å². The molecule has 0 bridgehead atoms. The lowest BCUT2D eigenvalue weighted by Crippen LogP contribution is -2.46. The van der Waals surface area contributed by atoms with Crippen LogP contribution in [-0.4, -0.2) is 32.8 Å². The van der Waals surface area contributed by atoms with E-state index in [1.165, 1.54) is 0 Å². The van der Waals surface area contributed by atoms with Crippen LogP contribution in [0.3, 0.4) is 0 Å². The number of rotatable bonds is 3. The molecule has 0 spiro atoms. The van der Waals surface area contributed by atoms with Gasteiger partial charge < -0.3 is 14.4 Å². The Hall–Kier alpha value is -2.43. The van der Waals surface area contributed by atoms with Crippen molar-refractivity contribution in [2.75, 3.05) is 31.8 Å². The number of carbonyl (C=O) groups is 1. The predicted octanol–water partition coefficient (Wildman–Crippen LogP) is 4.18. The number of benzene rings is 2. The summed E-state index contributed by atoms with van der Waals surface area (Å²) < 4.78 is 11.4. The molecule has 2 aliphatic heterocycles. The molecule has 0 aromatic heterocycles.